The van der Waals surface area contributed by atoms with E-state index in [9.17, 15) is 28.6 Å². The molecule has 0 aliphatic rings. The number of alkyl carbamates (subject to hydrolysis) is 3. The fraction of sp³-hybridized carbons (Fsp3) is 0.667. The van der Waals surface area contributed by atoms with Gasteiger partial charge in [0.1, 0.15) is 26.5 Å². The van der Waals surface area contributed by atoms with Crippen molar-refractivity contribution in [2.45, 2.75) is 85.2 Å². The first-order valence-electron chi connectivity index (χ1n) is 15.4. The average molecular weight is 659 g/mol. The van der Waals surface area contributed by atoms with Gasteiger partial charge in [0.05, 0.1) is 19.8 Å². The van der Waals surface area contributed by atoms with Crippen LogP contribution < -0.4 is 25.6 Å². The molecule has 0 fully saturated rings. The van der Waals surface area contributed by atoms with Crippen LogP contribution in [0.25, 0.3) is 0 Å². The van der Waals surface area contributed by atoms with Crippen LogP contribution in [0.15, 0.2) is 12.1 Å². The van der Waals surface area contributed by atoms with E-state index in [4.69, 9.17) is 23.5 Å². The Morgan fingerprint density at radius 1 is 0.733 bits per heavy atom. The maximum absolute atomic E-state index is 12.3. The molecule has 0 saturated carbocycles. The van der Waals surface area contributed by atoms with Gasteiger partial charge in [-0.25, -0.2) is 19.2 Å². The van der Waals surface area contributed by atoms with Crippen molar-refractivity contribution in [3.63, 3.8) is 0 Å². The summed E-state index contributed by atoms with van der Waals surface area (Å²) in [6, 6.07) is 3.49. The summed E-state index contributed by atoms with van der Waals surface area (Å²) < 4.78 is 36.4. The van der Waals surface area contributed by atoms with Crippen molar-refractivity contribution in [3.05, 3.63) is 28.8 Å². The zero-order valence-electron chi connectivity index (χ0n) is 26.9. The molecule has 0 aliphatic heterocycles. The monoisotopic (exact) mass is 658 g/mol. The highest BCUT2D eigenvalue weighted by Crippen LogP contribution is 2.31. The van der Waals surface area contributed by atoms with Crippen molar-refractivity contribution in [1.82, 2.24) is 16.0 Å². The van der Waals surface area contributed by atoms with E-state index in [2.05, 4.69) is 16.0 Å². The minimum Gasteiger partial charge on any atom is -0.779 e. The Kier molecular flexibility index (Phi) is 20.3. The smallest absolute Gasteiger partial charge is 0.407 e. The first-order chi connectivity index (χ1) is 21.4. The number of hydrogen-bond donors (Lipinski definition) is 3. The largest absolute Gasteiger partial charge is 0.779 e. The summed E-state index contributed by atoms with van der Waals surface area (Å²) >= 11 is 0. The van der Waals surface area contributed by atoms with Gasteiger partial charge in [-0.3, -0.25) is 0 Å². The molecule has 256 valence electrons. The first-order valence-corrected chi connectivity index (χ1v) is 17.4. The highest BCUT2D eigenvalue weighted by molar-refractivity contribution is 7.50. The van der Waals surface area contributed by atoms with E-state index in [1.807, 2.05) is 6.92 Å². The molecule has 1 aromatic rings. The van der Waals surface area contributed by atoms with Crippen LogP contribution in [-0.2, 0) is 34.7 Å². The number of carbonyl (C=O) groups is 4. The number of amides is 3. The van der Waals surface area contributed by atoms with E-state index in [-0.39, 0.29) is 33.0 Å². The van der Waals surface area contributed by atoms with E-state index in [0.717, 1.165) is 44.3 Å². The van der Waals surface area contributed by atoms with Crippen LogP contribution in [0.3, 0.4) is 0 Å². The molecule has 3 N–H and O–H groups in total. The van der Waals surface area contributed by atoms with Crippen LogP contribution >= 0.6 is 7.60 Å². The molecule has 0 bridgehead atoms. The number of esters is 1. The molecule has 1 atom stereocenters. The lowest BCUT2D eigenvalue weighted by Gasteiger charge is -2.17. The molecule has 1 aromatic carbocycles. The van der Waals surface area contributed by atoms with Gasteiger partial charge in [-0.2, -0.15) is 0 Å². The number of carbonyl (C=O) groups excluding carboxylic acids is 4. The first kappa shape index (κ1) is 39.7. The summed E-state index contributed by atoms with van der Waals surface area (Å²) in [5, 5.41) is 7.70. The van der Waals surface area contributed by atoms with E-state index in [1.54, 1.807) is 26.0 Å². The number of benzene rings is 1. The molecule has 0 aromatic heterocycles. The SMILES string of the molecule is CCCCNC(=O)OCCCCCOC(=O)NCC(=O)Oc1c(C)cc(COC(=O)NCCCCCCOP(C)(=O)[O-])cc1C. The normalized spacial score (nSPS) is 12.0. The molecule has 15 heteroatoms. The Labute approximate surface area is 265 Å². The Bertz CT molecular complexity index is 1090. The van der Waals surface area contributed by atoms with Gasteiger partial charge in [-0.05, 0) is 81.2 Å². The number of nitrogens with one attached hydrogen (secondary N) is 3. The van der Waals surface area contributed by atoms with E-state index < -0.39 is 31.8 Å². The molecule has 14 nitrogen and oxygen atoms in total. The number of ether oxygens (including phenoxy) is 4. The van der Waals surface area contributed by atoms with Crippen molar-refractivity contribution in [2.75, 3.05) is 46.1 Å². The van der Waals surface area contributed by atoms with Crippen molar-refractivity contribution in [3.8, 4) is 5.75 Å². The van der Waals surface area contributed by atoms with Crippen molar-refractivity contribution >= 4 is 31.8 Å². The fourth-order valence-electron chi connectivity index (χ4n) is 3.96. The molecule has 1 unspecified atom stereocenters. The lowest BCUT2D eigenvalue weighted by atomic mass is 10.1. The summed E-state index contributed by atoms with van der Waals surface area (Å²) in [5.74, 6) is -0.314. The maximum atomic E-state index is 12.3. The zero-order chi connectivity index (χ0) is 33.5. The molecule has 0 heterocycles. The molecule has 0 aliphatic carbocycles. The van der Waals surface area contributed by atoms with Crippen molar-refractivity contribution in [2.24, 2.45) is 0 Å². The van der Waals surface area contributed by atoms with Gasteiger partial charge in [0.15, 0.2) is 0 Å². The van der Waals surface area contributed by atoms with Crippen molar-refractivity contribution in [1.29, 1.82) is 0 Å². The topological polar surface area (TPSA) is 191 Å². The molecule has 1 rings (SSSR count). The van der Waals surface area contributed by atoms with E-state index in [1.165, 1.54) is 0 Å². The van der Waals surface area contributed by atoms with Crippen LogP contribution in [0, 0.1) is 13.8 Å². The number of aryl methyl sites for hydroxylation is 2. The minimum atomic E-state index is -3.68. The van der Waals surface area contributed by atoms with Gasteiger partial charge < -0.3 is 48.9 Å². The third-order valence-electron chi connectivity index (χ3n) is 6.20. The predicted molar refractivity (Wildman–Crippen MR) is 165 cm³/mol. The zero-order valence-corrected chi connectivity index (χ0v) is 27.8. The van der Waals surface area contributed by atoms with E-state index in [0.29, 0.717) is 55.6 Å². The predicted octanol–water partition coefficient (Wildman–Crippen LogP) is 4.62. The van der Waals surface area contributed by atoms with Crippen LogP contribution in [-0.4, -0.2) is 70.4 Å². The molecular formula is C30H49N3O11P-. The molecule has 45 heavy (non-hydrogen) atoms. The number of unbranched alkanes of at least 4 members (excludes halogenated alkanes) is 6. The molecule has 0 saturated heterocycles. The standard InChI is InChI=1S/C30H50N3O11P/c1-5-6-14-31-28(35)40-16-11-9-12-17-41-30(37)33-21-26(34)44-27-23(2)19-25(20-24(27)3)22-42-29(36)32-15-10-7-8-13-18-43-45(4,38)39/h19-20H,5-18,21-22H2,1-4H3,(H,31,35)(H,32,36)(H,33,37)(H,38,39)/p-1. The quantitative estimate of drug-likeness (QED) is 0.0518. The Morgan fingerprint density at radius 3 is 1.84 bits per heavy atom. The average Bonchev–Trinajstić information content (AvgIpc) is 2.97. The van der Waals surface area contributed by atoms with Gasteiger partial charge in [0, 0.05) is 19.8 Å². The Hall–Kier alpha value is -3.35. The third-order valence-corrected chi connectivity index (χ3v) is 6.86. The molecule has 3 amide bonds. The third kappa shape index (κ3) is 21.1. The van der Waals surface area contributed by atoms with Crippen LogP contribution in [0.4, 0.5) is 14.4 Å². The van der Waals surface area contributed by atoms with Gasteiger partial charge in [0.2, 0.25) is 0 Å². The lowest BCUT2D eigenvalue weighted by Crippen LogP contribution is -2.32. The Morgan fingerprint density at radius 2 is 1.24 bits per heavy atom. The van der Waals surface area contributed by atoms with Gasteiger partial charge in [0.25, 0.3) is 0 Å². The molecular weight excluding hydrogens is 609 g/mol. The summed E-state index contributed by atoms with van der Waals surface area (Å²) in [7, 11) is -3.68. The van der Waals surface area contributed by atoms with Crippen molar-refractivity contribution < 1.29 is 52.1 Å². The molecule has 0 spiro atoms. The van der Waals surface area contributed by atoms with Gasteiger partial charge in [-0.15, -0.1) is 0 Å². The van der Waals surface area contributed by atoms with Gasteiger partial charge in [-0.1, -0.05) is 26.2 Å². The summed E-state index contributed by atoms with van der Waals surface area (Å²) in [4.78, 5) is 58.6. The summed E-state index contributed by atoms with van der Waals surface area (Å²) in [5.41, 5.74) is 2.04. The van der Waals surface area contributed by atoms with E-state index >= 15 is 0 Å². The maximum Gasteiger partial charge on any atom is 0.407 e. The summed E-state index contributed by atoms with van der Waals surface area (Å²) in [6.07, 6.45) is 5.04. The second kappa shape index (κ2) is 23.1. The van der Waals surface area contributed by atoms with Crippen LogP contribution in [0.2, 0.25) is 0 Å². The highest BCUT2D eigenvalue weighted by Gasteiger charge is 2.14. The Balaban J connectivity index is 2.22. The number of hydrogen-bond acceptors (Lipinski definition) is 11. The summed E-state index contributed by atoms with van der Waals surface area (Å²) in [6.45, 7) is 7.87. The van der Waals surface area contributed by atoms with Crippen LogP contribution in [0.1, 0.15) is 81.4 Å². The fourth-order valence-corrected chi connectivity index (χ4v) is 4.42. The number of rotatable bonds is 22. The molecule has 0 radical (unpaired) electrons. The lowest BCUT2D eigenvalue weighted by molar-refractivity contribution is -0.196. The van der Waals surface area contributed by atoms with Gasteiger partial charge >= 0.3 is 24.2 Å². The minimum absolute atomic E-state index is 0.0279. The van der Waals surface area contributed by atoms with Crippen LogP contribution in [0.5, 0.6) is 5.75 Å². The highest BCUT2D eigenvalue weighted by atomic mass is 31.2. The second-order valence-corrected chi connectivity index (χ2v) is 12.3. The second-order valence-electron chi connectivity index (χ2n) is 10.5.